The highest BCUT2D eigenvalue weighted by Gasteiger charge is 2.26. The van der Waals surface area contributed by atoms with E-state index in [9.17, 15) is 0 Å². The summed E-state index contributed by atoms with van der Waals surface area (Å²) in [6.07, 6.45) is 7.47. The van der Waals surface area contributed by atoms with Crippen LogP contribution in [-0.2, 0) is 0 Å². The molecule has 0 spiro atoms. The normalized spacial score (nSPS) is 22.8. The van der Waals surface area contributed by atoms with Crippen molar-refractivity contribution in [2.75, 3.05) is 0 Å². The molecule has 0 heterocycles. The topological polar surface area (TPSA) is 0 Å². The molecule has 0 saturated carbocycles. The fourth-order valence-electron chi connectivity index (χ4n) is 2.29. The van der Waals surface area contributed by atoms with E-state index < -0.39 is 0 Å². The van der Waals surface area contributed by atoms with Gasteiger partial charge in [-0.1, -0.05) is 53.7 Å². The largest absolute Gasteiger partial charge is 0.0744 e. The van der Waals surface area contributed by atoms with Crippen molar-refractivity contribution in [3.63, 3.8) is 0 Å². The summed E-state index contributed by atoms with van der Waals surface area (Å²) in [5, 5.41) is 0. The Balaban J connectivity index is 2.84. The van der Waals surface area contributed by atoms with Crippen molar-refractivity contribution in [1.29, 1.82) is 0 Å². The van der Waals surface area contributed by atoms with Gasteiger partial charge in [-0.05, 0) is 42.1 Å². The maximum absolute atomic E-state index is 2.38. The molecule has 0 fully saturated rings. The van der Waals surface area contributed by atoms with Crippen molar-refractivity contribution in [2.45, 2.75) is 46.5 Å². The van der Waals surface area contributed by atoms with Gasteiger partial charge in [-0.15, -0.1) is 0 Å². The Labute approximate surface area is 95.6 Å². The van der Waals surface area contributed by atoms with Crippen molar-refractivity contribution in [3.05, 3.63) is 21.3 Å². The lowest BCUT2D eigenvalue weighted by atomic mass is 9.71. The fourth-order valence-corrected chi connectivity index (χ4v) is 2.54. The first-order valence-electron chi connectivity index (χ1n) is 5.02. The van der Waals surface area contributed by atoms with Crippen LogP contribution in [-0.4, -0.2) is 0 Å². The predicted molar refractivity (Wildman–Crippen MR) is 68.1 cm³/mol. The zero-order valence-corrected chi connectivity index (χ0v) is 11.0. The molecule has 0 aromatic rings. The van der Waals surface area contributed by atoms with Crippen LogP contribution in [0.3, 0.4) is 0 Å². The Morgan fingerprint density at radius 2 is 2.15 bits per heavy atom. The highest BCUT2D eigenvalue weighted by atomic mass is 127. The van der Waals surface area contributed by atoms with Gasteiger partial charge in [0.15, 0.2) is 0 Å². The molecule has 0 amide bonds. The van der Waals surface area contributed by atoms with Gasteiger partial charge in [0.2, 0.25) is 0 Å². The second-order valence-corrected chi connectivity index (χ2v) is 5.28. The third-order valence-electron chi connectivity index (χ3n) is 3.10. The van der Waals surface area contributed by atoms with Gasteiger partial charge in [-0.2, -0.15) is 0 Å². The zero-order valence-electron chi connectivity index (χ0n) is 8.86. The third kappa shape index (κ3) is 2.83. The highest BCUT2D eigenvalue weighted by Crippen LogP contribution is 2.41. The Morgan fingerprint density at radius 1 is 1.46 bits per heavy atom. The van der Waals surface area contributed by atoms with E-state index in [1.54, 1.807) is 11.1 Å². The molecule has 0 bridgehead atoms. The van der Waals surface area contributed by atoms with Gasteiger partial charge in [0.05, 0.1) is 0 Å². The third-order valence-corrected chi connectivity index (χ3v) is 3.61. The molecule has 0 aliphatic heterocycles. The molecule has 0 aromatic heterocycles. The molecule has 1 heteroatoms. The van der Waals surface area contributed by atoms with Crippen LogP contribution in [0.2, 0.25) is 0 Å². The van der Waals surface area contributed by atoms with Crippen molar-refractivity contribution in [2.24, 2.45) is 5.41 Å². The van der Waals surface area contributed by atoms with Crippen LogP contribution in [0.1, 0.15) is 46.5 Å². The fraction of sp³-hybridized carbons (Fsp3) is 0.667. The van der Waals surface area contributed by atoms with Crippen LogP contribution in [0.25, 0.3) is 0 Å². The lowest BCUT2D eigenvalue weighted by molar-refractivity contribution is 0.361. The number of rotatable bonds is 2. The summed E-state index contributed by atoms with van der Waals surface area (Å²) < 4.78 is 2.13. The summed E-state index contributed by atoms with van der Waals surface area (Å²) in [7, 11) is 0. The molecule has 0 N–H and O–H groups in total. The summed E-state index contributed by atoms with van der Waals surface area (Å²) in [5.41, 5.74) is 3.75. The average molecular weight is 290 g/mol. The second-order valence-electron chi connectivity index (χ2n) is 4.56. The molecular weight excluding hydrogens is 271 g/mol. The lowest BCUT2D eigenvalue weighted by Gasteiger charge is -2.34. The van der Waals surface area contributed by atoms with Gasteiger partial charge in [-0.25, -0.2) is 0 Å². The number of hydrogen-bond acceptors (Lipinski definition) is 0. The number of allylic oxidation sites excluding steroid dienone is 3. The Hall–Kier alpha value is 0.210. The molecular formula is C12H19I. The molecule has 1 aliphatic carbocycles. The molecule has 0 atom stereocenters. The molecule has 0 nitrogen and oxygen atoms in total. The van der Waals surface area contributed by atoms with E-state index in [4.69, 9.17) is 0 Å². The molecule has 1 rings (SSSR count). The second kappa shape index (κ2) is 4.63. The predicted octanol–water partition coefficient (Wildman–Crippen LogP) is 4.85. The minimum Gasteiger partial charge on any atom is -0.0744 e. The van der Waals surface area contributed by atoms with Gasteiger partial charge in [-0.3, -0.25) is 0 Å². The quantitative estimate of drug-likeness (QED) is 0.503. The minimum atomic E-state index is 0.443. The standard InChI is InChI=1S/C12H19I/c1-10-6-4-8-12(2,3)11(10)7-5-9-13/h5,9H,4,6-8H2,1-3H3/b9-5+. The first-order valence-corrected chi connectivity index (χ1v) is 6.27. The molecule has 0 radical (unpaired) electrons. The van der Waals surface area contributed by atoms with Crippen molar-refractivity contribution in [1.82, 2.24) is 0 Å². The maximum atomic E-state index is 2.38. The molecule has 1 aliphatic rings. The summed E-state index contributed by atoms with van der Waals surface area (Å²) in [5.74, 6) is 0. The van der Waals surface area contributed by atoms with Crippen LogP contribution in [0.5, 0.6) is 0 Å². The van der Waals surface area contributed by atoms with Crippen LogP contribution in [0.4, 0.5) is 0 Å². The van der Waals surface area contributed by atoms with Gasteiger partial charge >= 0.3 is 0 Å². The zero-order chi connectivity index (χ0) is 9.90. The number of hydrogen-bond donors (Lipinski definition) is 0. The van der Waals surface area contributed by atoms with Gasteiger partial charge in [0.25, 0.3) is 0 Å². The van der Waals surface area contributed by atoms with Crippen LogP contribution >= 0.6 is 22.6 Å². The van der Waals surface area contributed by atoms with Crippen LogP contribution in [0, 0.1) is 5.41 Å². The lowest BCUT2D eigenvalue weighted by Crippen LogP contribution is -2.19. The number of halogens is 1. The SMILES string of the molecule is CC1=C(C/C=C/I)C(C)(C)CCC1. The maximum Gasteiger partial charge on any atom is -0.0123 e. The summed E-state index contributed by atoms with van der Waals surface area (Å²) in [6.45, 7) is 7.06. The van der Waals surface area contributed by atoms with E-state index in [-0.39, 0.29) is 0 Å². The molecule has 74 valence electrons. The summed E-state index contributed by atoms with van der Waals surface area (Å²) in [6, 6.07) is 0. The van der Waals surface area contributed by atoms with Crippen molar-refractivity contribution < 1.29 is 0 Å². The van der Waals surface area contributed by atoms with E-state index in [1.165, 1.54) is 19.3 Å². The Kier molecular flexibility index (Phi) is 4.02. The van der Waals surface area contributed by atoms with Crippen molar-refractivity contribution >= 4 is 22.6 Å². The first kappa shape index (κ1) is 11.3. The van der Waals surface area contributed by atoms with E-state index in [0.717, 1.165) is 6.42 Å². The van der Waals surface area contributed by atoms with E-state index >= 15 is 0 Å². The van der Waals surface area contributed by atoms with Gasteiger partial charge < -0.3 is 0 Å². The van der Waals surface area contributed by atoms with Gasteiger partial charge in [0, 0.05) is 0 Å². The molecule has 0 aromatic carbocycles. The Bertz CT molecular complexity index is 234. The summed E-state index contributed by atoms with van der Waals surface area (Å²) in [4.78, 5) is 0. The van der Waals surface area contributed by atoms with E-state index in [1.807, 2.05) is 0 Å². The Morgan fingerprint density at radius 3 is 2.69 bits per heavy atom. The van der Waals surface area contributed by atoms with Crippen molar-refractivity contribution in [3.8, 4) is 0 Å². The first-order chi connectivity index (χ1) is 6.08. The van der Waals surface area contributed by atoms with Gasteiger partial charge in [0.1, 0.15) is 0 Å². The molecule has 0 saturated heterocycles. The summed E-state index contributed by atoms with van der Waals surface area (Å²) >= 11 is 2.30. The average Bonchev–Trinajstić information content (AvgIpc) is 2.02. The molecule has 0 unspecified atom stereocenters. The highest BCUT2D eigenvalue weighted by molar-refractivity contribution is 14.1. The molecule has 13 heavy (non-hydrogen) atoms. The van der Waals surface area contributed by atoms with Crippen LogP contribution in [0.15, 0.2) is 21.3 Å². The van der Waals surface area contributed by atoms with E-state index in [0.29, 0.717) is 5.41 Å². The smallest absolute Gasteiger partial charge is 0.0123 e. The monoisotopic (exact) mass is 290 g/mol. The van der Waals surface area contributed by atoms with E-state index in [2.05, 4.69) is 53.5 Å². The minimum absolute atomic E-state index is 0.443. The van der Waals surface area contributed by atoms with Crippen LogP contribution < -0.4 is 0 Å².